The Bertz CT molecular complexity index is 480. The molecule has 0 aliphatic heterocycles. The molecule has 0 saturated heterocycles. The summed E-state index contributed by atoms with van der Waals surface area (Å²) in [5.41, 5.74) is 6.90. The molecule has 0 radical (unpaired) electrons. The molecule has 0 aromatic carbocycles. The highest BCUT2D eigenvalue weighted by molar-refractivity contribution is 7.16. The smallest absolute Gasteiger partial charge is 0.341 e. The highest BCUT2D eigenvalue weighted by Crippen LogP contribution is 2.34. The maximum absolute atomic E-state index is 12.0. The molecule has 1 aromatic rings. The zero-order chi connectivity index (χ0) is 14.6. The van der Waals surface area contributed by atoms with E-state index in [2.05, 4.69) is 5.32 Å². The third kappa shape index (κ3) is 3.54. The average molecular weight is 284 g/mol. The molecule has 1 heterocycles. The number of thiophene rings is 1. The van der Waals surface area contributed by atoms with E-state index in [0.29, 0.717) is 23.6 Å². The second-order valence-corrected chi connectivity index (χ2v) is 5.42. The number of amides is 1. The molecular formula is C13H20N2O3S. The van der Waals surface area contributed by atoms with Crippen LogP contribution in [0.3, 0.4) is 0 Å². The van der Waals surface area contributed by atoms with Gasteiger partial charge < -0.3 is 15.8 Å². The number of hydrogen-bond acceptors (Lipinski definition) is 5. The van der Waals surface area contributed by atoms with Gasteiger partial charge in [-0.15, -0.1) is 11.3 Å². The Morgan fingerprint density at radius 1 is 1.42 bits per heavy atom. The molecule has 0 aliphatic carbocycles. The Morgan fingerprint density at radius 2 is 2.05 bits per heavy atom. The molecular weight excluding hydrogens is 264 g/mol. The van der Waals surface area contributed by atoms with Gasteiger partial charge in [0.25, 0.3) is 0 Å². The lowest BCUT2D eigenvalue weighted by Crippen LogP contribution is -2.32. The van der Waals surface area contributed by atoms with Crippen molar-refractivity contribution in [2.75, 3.05) is 11.9 Å². The summed E-state index contributed by atoms with van der Waals surface area (Å²) in [5.74, 6) is -0.710. The highest BCUT2D eigenvalue weighted by Gasteiger charge is 2.23. The van der Waals surface area contributed by atoms with Crippen molar-refractivity contribution in [2.24, 2.45) is 5.73 Å². The second-order valence-electron chi connectivity index (χ2n) is 4.19. The molecule has 1 rings (SSSR count). The summed E-state index contributed by atoms with van der Waals surface area (Å²) in [4.78, 5) is 24.7. The lowest BCUT2D eigenvalue weighted by Gasteiger charge is -2.09. The first-order valence-corrected chi connectivity index (χ1v) is 7.09. The van der Waals surface area contributed by atoms with Gasteiger partial charge in [-0.25, -0.2) is 4.79 Å². The van der Waals surface area contributed by atoms with E-state index < -0.39 is 12.0 Å². The Labute approximate surface area is 117 Å². The minimum absolute atomic E-state index is 0.303. The van der Waals surface area contributed by atoms with E-state index in [1.54, 1.807) is 13.8 Å². The van der Waals surface area contributed by atoms with Crippen LogP contribution in [0.4, 0.5) is 5.00 Å². The third-order valence-corrected chi connectivity index (χ3v) is 3.76. The minimum Gasteiger partial charge on any atom is -0.462 e. The molecule has 106 valence electrons. The summed E-state index contributed by atoms with van der Waals surface area (Å²) in [7, 11) is 0. The van der Waals surface area contributed by atoms with E-state index in [1.807, 2.05) is 13.8 Å². The molecule has 1 atom stereocenters. The van der Waals surface area contributed by atoms with Gasteiger partial charge in [-0.1, -0.05) is 6.92 Å². The molecule has 5 nitrogen and oxygen atoms in total. The van der Waals surface area contributed by atoms with E-state index in [1.165, 1.54) is 11.3 Å². The average Bonchev–Trinajstić information content (AvgIpc) is 2.65. The molecule has 0 saturated carbocycles. The van der Waals surface area contributed by atoms with Gasteiger partial charge in [-0.05, 0) is 32.8 Å². The number of rotatable bonds is 5. The Balaban J connectivity index is 3.16. The Hall–Kier alpha value is -1.40. The first-order valence-electron chi connectivity index (χ1n) is 6.28. The predicted octanol–water partition coefficient (Wildman–Crippen LogP) is 2.08. The van der Waals surface area contributed by atoms with Gasteiger partial charge in [-0.3, -0.25) is 4.79 Å². The van der Waals surface area contributed by atoms with Crippen LogP contribution in [0.15, 0.2) is 0 Å². The van der Waals surface area contributed by atoms with Crippen LogP contribution in [-0.2, 0) is 16.0 Å². The fraction of sp³-hybridized carbons (Fsp3) is 0.538. The molecule has 0 fully saturated rings. The van der Waals surface area contributed by atoms with Crippen molar-refractivity contribution in [2.45, 2.75) is 40.2 Å². The minimum atomic E-state index is -0.623. The molecule has 0 bridgehead atoms. The Kier molecular flexibility index (Phi) is 5.50. The molecule has 6 heteroatoms. The summed E-state index contributed by atoms with van der Waals surface area (Å²) in [5, 5.41) is 3.22. The third-order valence-electron chi connectivity index (χ3n) is 2.69. The number of ether oxygens (including phenoxy) is 1. The quantitative estimate of drug-likeness (QED) is 0.811. The fourth-order valence-electron chi connectivity index (χ4n) is 1.74. The maximum atomic E-state index is 12.0. The van der Waals surface area contributed by atoms with Crippen LogP contribution < -0.4 is 11.1 Å². The summed E-state index contributed by atoms with van der Waals surface area (Å²) in [6.07, 6.45) is 0.713. The molecule has 0 aliphatic rings. The lowest BCUT2D eigenvalue weighted by molar-refractivity contribution is -0.117. The van der Waals surface area contributed by atoms with Gasteiger partial charge in [0, 0.05) is 4.88 Å². The Morgan fingerprint density at radius 3 is 2.53 bits per heavy atom. The van der Waals surface area contributed by atoms with Crippen LogP contribution in [-0.4, -0.2) is 24.5 Å². The summed E-state index contributed by atoms with van der Waals surface area (Å²) in [6.45, 7) is 7.55. The highest BCUT2D eigenvalue weighted by atomic mass is 32.1. The SMILES string of the molecule is CCOC(=O)c1c(NC(=O)C(C)N)sc(C)c1CC. The number of carbonyl (C=O) groups excluding carboxylic acids is 2. The van der Waals surface area contributed by atoms with Gasteiger partial charge >= 0.3 is 5.97 Å². The molecule has 0 spiro atoms. The number of nitrogens with one attached hydrogen (secondary N) is 1. The normalized spacial score (nSPS) is 12.1. The fourth-order valence-corrected chi connectivity index (χ4v) is 2.87. The van der Waals surface area contributed by atoms with Crippen molar-refractivity contribution in [3.63, 3.8) is 0 Å². The van der Waals surface area contributed by atoms with Crippen LogP contribution in [0.25, 0.3) is 0 Å². The van der Waals surface area contributed by atoms with Crippen molar-refractivity contribution < 1.29 is 14.3 Å². The van der Waals surface area contributed by atoms with Crippen LogP contribution in [0.2, 0.25) is 0 Å². The lowest BCUT2D eigenvalue weighted by atomic mass is 10.1. The number of aryl methyl sites for hydroxylation is 1. The maximum Gasteiger partial charge on any atom is 0.341 e. The number of nitrogens with two attached hydrogens (primary N) is 1. The second kappa shape index (κ2) is 6.68. The van der Waals surface area contributed by atoms with E-state index >= 15 is 0 Å². The van der Waals surface area contributed by atoms with Crippen molar-refractivity contribution in [1.29, 1.82) is 0 Å². The number of carbonyl (C=O) groups is 2. The van der Waals surface area contributed by atoms with Crippen LogP contribution in [0.1, 0.15) is 41.6 Å². The van der Waals surface area contributed by atoms with Gasteiger partial charge in [0.1, 0.15) is 5.00 Å². The van der Waals surface area contributed by atoms with Crippen molar-refractivity contribution >= 4 is 28.2 Å². The van der Waals surface area contributed by atoms with Gasteiger partial charge in [-0.2, -0.15) is 0 Å². The van der Waals surface area contributed by atoms with E-state index in [9.17, 15) is 9.59 Å². The van der Waals surface area contributed by atoms with Crippen LogP contribution in [0, 0.1) is 6.92 Å². The molecule has 1 amide bonds. The molecule has 3 N–H and O–H groups in total. The van der Waals surface area contributed by atoms with Gasteiger partial charge in [0.2, 0.25) is 5.91 Å². The monoisotopic (exact) mass is 284 g/mol. The molecule has 1 aromatic heterocycles. The van der Waals surface area contributed by atoms with Crippen molar-refractivity contribution in [3.8, 4) is 0 Å². The van der Waals surface area contributed by atoms with Crippen molar-refractivity contribution in [3.05, 3.63) is 16.0 Å². The summed E-state index contributed by atoms with van der Waals surface area (Å²) >= 11 is 1.38. The van der Waals surface area contributed by atoms with Gasteiger partial charge in [0.15, 0.2) is 0 Å². The van der Waals surface area contributed by atoms with E-state index in [-0.39, 0.29) is 5.91 Å². The molecule has 1 unspecified atom stereocenters. The number of esters is 1. The largest absolute Gasteiger partial charge is 0.462 e. The first kappa shape index (κ1) is 15.7. The summed E-state index contributed by atoms with van der Waals surface area (Å²) in [6, 6.07) is -0.623. The van der Waals surface area contributed by atoms with Crippen molar-refractivity contribution in [1.82, 2.24) is 0 Å². The van der Waals surface area contributed by atoms with E-state index in [0.717, 1.165) is 10.4 Å². The number of anilines is 1. The topological polar surface area (TPSA) is 81.4 Å². The zero-order valence-electron chi connectivity index (χ0n) is 11.7. The summed E-state index contributed by atoms with van der Waals surface area (Å²) < 4.78 is 5.05. The van der Waals surface area contributed by atoms with Gasteiger partial charge in [0.05, 0.1) is 18.2 Å². The first-order chi connectivity index (χ1) is 8.92. The van der Waals surface area contributed by atoms with E-state index in [4.69, 9.17) is 10.5 Å². The standard InChI is InChI=1S/C13H20N2O3S/c1-5-9-8(4)19-12(15-11(16)7(3)14)10(9)13(17)18-6-2/h7H,5-6,14H2,1-4H3,(H,15,16). The predicted molar refractivity (Wildman–Crippen MR) is 76.7 cm³/mol. The van der Waals surface area contributed by atoms with Crippen LogP contribution >= 0.6 is 11.3 Å². The number of hydrogen-bond donors (Lipinski definition) is 2. The zero-order valence-corrected chi connectivity index (χ0v) is 12.5. The van der Waals surface area contributed by atoms with Crippen LogP contribution in [0.5, 0.6) is 0 Å². The molecule has 19 heavy (non-hydrogen) atoms.